The second-order valence-electron chi connectivity index (χ2n) is 6.30. The lowest BCUT2D eigenvalue weighted by Crippen LogP contribution is -2.46. The summed E-state index contributed by atoms with van der Waals surface area (Å²) in [6.45, 7) is 0.816. The molecule has 0 radical (unpaired) electrons. The van der Waals surface area contributed by atoms with Gasteiger partial charge < -0.3 is 24.8 Å². The third kappa shape index (κ3) is 8.28. The van der Waals surface area contributed by atoms with Crippen LogP contribution in [-0.2, 0) is 14.3 Å². The van der Waals surface area contributed by atoms with Crippen LogP contribution in [0, 0.1) is 5.92 Å². The number of carbonyl (C=O) groups excluding carboxylic acids is 3. The highest BCUT2D eigenvalue weighted by Gasteiger charge is 2.29. The molecule has 0 spiro atoms. The summed E-state index contributed by atoms with van der Waals surface area (Å²) < 4.78 is 51.1. The number of rotatable bonds is 9. The van der Waals surface area contributed by atoms with Crippen molar-refractivity contribution in [2.24, 2.45) is 5.92 Å². The van der Waals surface area contributed by atoms with Crippen molar-refractivity contribution in [2.75, 3.05) is 27.4 Å². The number of methoxy groups -OCH3 is 2. The zero-order chi connectivity index (χ0) is 22.2. The number of hydrogen-bond acceptors (Lipinski definition) is 6. The number of carbonyl (C=O) groups is 3. The highest BCUT2D eigenvalue weighted by atomic mass is 19.4. The Kier molecular flexibility index (Phi) is 8.74. The van der Waals surface area contributed by atoms with Gasteiger partial charge >= 0.3 is 12.1 Å². The zero-order valence-corrected chi connectivity index (χ0v) is 16.4. The van der Waals surface area contributed by atoms with E-state index in [1.165, 1.54) is 26.4 Å². The zero-order valence-electron chi connectivity index (χ0n) is 16.4. The molecule has 0 aliphatic carbocycles. The molecule has 2 N–H and O–H groups in total. The van der Waals surface area contributed by atoms with E-state index in [0.29, 0.717) is 11.5 Å². The highest BCUT2D eigenvalue weighted by Crippen LogP contribution is 2.22. The standard InChI is InChI=1S/C18H23F3N2O6/c1-10(2)15(17(26)29-8-14(24)22-9-18(19,20)21)23-16(25)11-5-12(27-3)7-13(6-11)28-4/h5-7,10,15H,8-9H2,1-4H3,(H,22,24)(H,23,25)/t15-/m0/s1. The molecule has 0 saturated carbocycles. The molecule has 1 aromatic carbocycles. The predicted octanol–water partition coefficient (Wildman–Crippen LogP) is 1.68. The summed E-state index contributed by atoms with van der Waals surface area (Å²) >= 11 is 0. The van der Waals surface area contributed by atoms with Crippen molar-refractivity contribution in [3.63, 3.8) is 0 Å². The molecule has 29 heavy (non-hydrogen) atoms. The topological polar surface area (TPSA) is 103 Å². The highest BCUT2D eigenvalue weighted by molar-refractivity contribution is 5.97. The summed E-state index contributed by atoms with van der Waals surface area (Å²) in [6.07, 6.45) is -4.58. The smallest absolute Gasteiger partial charge is 0.405 e. The molecule has 0 aliphatic heterocycles. The van der Waals surface area contributed by atoms with E-state index in [1.807, 2.05) is 0 Å². The van der Waals surface area contributed by atoms with Crippen LogP contribution < -0.4 is 20.1 Å². The summed E-state index contributed by atoms with van der Waals surface area (Å²) in [4.78, 5) is 36.1. The van der Waals surface area contributed by atoms with Gasteiger partial charge in [-0.2, -0.15) is 13.2 Å². The summed E-state index contributed by atoms with van der Waals surface area (Å²) in [7, 11) is 2.82. The Morgan fingerprint density at radius 3 is 2.03 bits per heavy atom. The van der Waals surface area contributed by atoms with Gasteiger partial charge in [0.1, 0.15) is 24.1 Å². The molecule has 2 amide bonds. The Balaban J connectivity index is 2.76. The lowest BCUT2D eigenvalue weighted by atomic mass is 10.0. The fourth-order valence-corrected chi connectivity index (χ4v) is 2.14. The van der Waals surface area contributed by atoms with Crippen molar-refractivity contribution in [1.82, 2.24) is 10.6 Å². The molecule has 0 unspecified atom stereocenters. The van der Waals surface area contributed by atoms with E-state index in [-0.39, 0.29) is 5.56 Å². The molecule has 0 fully saturated rings. The third-order valence-electron chi connectivity index (χ3n) is 3.65. The van der Waals surface area contributed by atoms with Gasteiger partial charge in [0.25, 0.3) is 11.8 Å². The van der Waals surface area contributed by atoms with Crippen LogP contribution in [0.4, 0.5) is 13.2 Å². The Bertz CT molecular complexity index is 715. The van der Waals surface area contributed by atoms with Gasteiger partial charge in [0, 0.05) is 11.6 Å². The van der Waals surface area contributed by atoms with Crippen LogP contribution in [0.2, 0.25) is 0 Å². The lowest BCUT2D eigenvalue weighted by molar-refractivity contribution is -0.153. The monoisotopic (exact) mass is 420 g/mol. The fourth-order valence-electron chi connectivity index (χ4n) is 2.14. The summed E-state index contributed by atoms with van der Waals surface area (Å²) in [5.41, 5.74) is 0.155. The van der Waals surface area contributed by atoms with Gasteiger partial charge in [-0.3, -0.25) is 9.59 Å². The van der Waals surface area contributed by atoms with Gasteiger partial charge in [-0.05, 0) is 18.1 Å². The SMILES string of the molecule is COc1cc(OC)cc(C(=O)N[C@H](C(=O)OCC(=O)NCC(F)(F)F)C(C)C)c1. The minimum Gasteiger partial charge on any atom is -0.497 e. The normalized spacial score (nSPS) is 12.1. The van der Waals surface area contributed by atoms with E-state index in [4.69, 9.17) is 14.2 Å². The minimum absolute atomic E-state index is 0.155. The average Bonchev–Trinajstić information content (AvgIpc) is 2.66. The van der Waals surface area contributed by atoms with Crippen LogP contribution in [0.25, 0.3) is 0 Å². The van der Waals surface area contributed by atoms with Crippen molar-refractivity contribution in [1.29, 1.82) is 0 Å². The maximum Gasteiger partial charge on any atom is 0.405 e. The van der Waals surface area contributed by atoms with Crippen molar-refractivity contribution >= 4 is 17.8 Å². The summed E-state index contributed by atoms with van der Waals surface area (Å²) in [5.74, 6) is -2.39. The number of ether oxygens (including phenoxy) is 3. The Hall–Kier alpha value is -2.98. The van der Waals surface area contributed by atoms with E-state index < -0.39 is 49.1 Å². The van der Waals surface area contributed by atoms with Gasteiger partial charge in [-0.15, -0.1) is 0 Å². The van der Waals surface area contributed by atoms with Crippen LogP contribution >= 0.6 is 0 Å². The van der Waals surface area contributed by atoms with Gasteiger partial charge in [-0.1, -0.05) is 13.8 Å². The van der Waals surface area contributed by atoms with E-state index in [2.05, 4.69) is 5.32 Å². The van der Waals surface area contributed by atoms with Crippen LogP contribution in [0.5, 0.6) is 11.5 Å². The number of esters is 1. The van der Waals surface area contributed by atoms with Crippen LogP contribution in [-0.4, -0.2) is 57.4 Å². The number of hydrogen-bond donors (Lipinski definition) is 2. The lowest BCUT2D eigenvalue weighted by Gasteiger charge is -2.21. The van der Waals surface area contributed by atoms with Crippen LogP contribution in [0.1, 0.15) is 24.2 Å². The first kappa shape index (κ1) is 24.1. The Morgan fingerprint density at radius 1 is 1.03 bits per heavy atom. The molecule has 8 nitrogen and oxygen atoms in total. The molecular formula is C18H23F3N2O6. The molecule has 0 heterocycles. The summed E-state index contributed by atoms with van der Waals surface area (Å²) in [5, 5.41) is 4.06. The van der Waals surface area contributed by atoms with Crippen molar-refractivity contribution < 1.29 is 41.8 Å². The average molecular weight is 420 g/mol. The molecule has 162 valence electrons. The molecule has 0 aromatic heterocycles. The minimum atomic E-state index is -4.58. The number of alkyl halides is 3. The van der Waals surface area contributed by atoms with Gasteiger partial charge in [0.15, 0.2) is 6.61 Å². The molecule has 1 atom stereocenters. The molecular weight excluding hydrogens is 397 g/mol. The first-order valence-electron chi connectivity index (χ1n) is 8.50. The summed E-state index contributed by atoms with van der Waals surface area (Å²) in [6, 6.07) is 3.30. The largest absolute Gasteiger partial charge is 0.497 e. The van der Waals surface area contributed by atoms with Crippen molar-refractivity contribution in [2.45, 2.75) is 26.1 Å². The quantitative estimate of drug-likeness (QED) is 0.590. The van der Waals surface area contributed by atoms with E-state index in [1.54, 1.807) is 25.2 Å². The number of halogens is 3. The third-order valence-corrected chi connectivity index (χ3v) is 3.65. The Labute approximate surface area is 165 Å². The number of benzene rings is 1. The number of amides is 2. The van der Waals surface area contributed by atoms with Crippen molar-refractivity contribution in [3.05, 3.63) is 23.8 Å². The van der Waals surface area contributed by atoms with Crippen LogP contribution in [0.3, 0.4) is 0 Å². The Morgan fingerprint density at radius 2 is 1.59 bits per heavy atom. The molecule has 11 heteroatoms. The van der Waals surface area contributed by atoms with Crippen LogP contribution in [0.15, 0.2) is 18.2 Å². The van der Waals surface area contributed by atoms with Crippen molar-refractivity contribution in [3.8, 4) is 11.5 Å². The van der Waals surface area contributed by atoms with Gasteiger partial charge in [0.05, 0.1) is 14.2 Å². The maximum absolute atomic E-state index is 12.5. The first-order valence-corrected chi connectivity index (χ1v) is 8.50. The predicted molar refractivity (Wildman–Crippen MR) is 95.7 cm³/mol. The van der Waals surface area contributed by atoms with E-state index in [0.717, 1.165) is 0 Å². The van der Waals surface area contributed by atoms with Gasteiger partial charge in [0.2, 0.25) is 0 Å². The first-order chi connectivity index (χ1) is 13.5. The molecule has 0 saturated heterocycles. The molecule has 1 rings (SSSR count). The second-order valence-corrected chi connectivity index (χ2v) is 6.30. The molecule has 0 bridgehead atoms. The van der Waals surface area contributed by atoms with E-state index in [9.17, 15) is 27.6 Å². The maximum atomic E-state index is 12.5. The second kappa shape index (κ2) is 10.5. The van der Waals surface area contributed by atoms with E-state index >= 15 is 0 Å². The van der Waals surface area contributed by atoms with Gasteiger partial charge in [-0.25, -0.2) is 4.79 Å². The molecule has 1 aromatic rings. The number of nitrogens with one attached hydrogen (secondary N) is 2. The fraction of sp³-hybridized carbons (Fsp3) is 0.500. The molecule has 0 aliphatic rings.